The van der Waals surface area contributed by atoms with Crippen LogP contribution in [0.3, 0.4) is 0 Å². The lowest BCUT2D eigenvalue weighted by molar-refractivity contribution is 0.127. The van der Waals surface area contributed by atoms with Crippen LogP contribution in [-0.4, -0.2) is 39.2 Å². The molecule has 19 heavy (non-hydrogen) atoms. The Balaban J connectivity index is 1.76. The van der Waals surface area contributed by atoms with Crippen LogP contribution in [0.25, 0.3) is 0 Å². The Morgan fingerprint density at radius 2 is 2.05 bits per heavy atom. The van der Waals surface area contributed by atoms with Crippen LogP contribution in [0, 0.1) is 5.82 Å². The van der Waals surface area contributed by atoms with Crippen molar-refractivity contribution in [1.29, 1.82) is 0 Å². The molecule has 1 aliphatic rings. The first-order chi connectivity index (χ1) is 9.05. The highest BCUT2D eigenvalue weighted by atomic mass is 32.2. The zero-order valence-electron chi connectivity index (χ0n) is 10.6. The lowest BCUT2D eigenvalue weighted by atomic mass is 10.3. The third kappa shape index (κ3) is 4.80. The molecule has 1 fully saturated rings. The maximum absolute atomic E-state index is 12.7. The summed E-state index contributed by atoms with van der Waals surface area (Å²) in [6.45, 7) is 0.981. The third-order valence-electron chi connectivity index (χ3n) is 3.05. The van der Waals surface area contributed by atoms with Crippen LogP contribution in [0.1, 0.15) is 12.8 Å². The van der Waals surface area contributed by atoms with Gasteiger partial charge in [0.25, 0.3) is 0 Å². The quantitative estimate of drug-likeness (QED) is 0.867. The van der Waals surface area contributed by atoms with Crippen LogP contribution in [-0.2, 0) is 14.6 Å². The summed E-state index contributed by atoms with van der Waals surface area (Å²) in [5.74, 6) is -0.154. The summed E-state index contributed by atoms with van der Waals surface area (Å²) in [7, 11) is -3.10. The lowest BCUT2D eigenvalue weighted by Gasteiger charge is -2.11. The first-order valence-electron chi connectivity index (χ1n) is 6.37. The van der Waals surface area contributed by atoms with Gasteiger partial charge in [0.05, 0.1) is 17.6 Å². The smallest absolute Gasteiger partial charge is 0.154 e. The molecule has 0 aliphatic carbocycles. The third-order valence-corrected chi connectivity index (χ3v) is 4.76. The number of anilines is 1. The molecule has 1 aromatic rings. The van der Waals surface area contributed by atoms with E-state index < -0.39 is 9.84 Å². The van der Waals surface area contributed by atoms with E-state index in [1.165, 1.54) is 12.1 Å². The maximum atomic E-state index is 12.7. The molecule has 1 heterocycles. The summed E-state index contributed by atoms with van der Waals surface area (Å²) in [5.41, 5.74) is 0.716. The predicted molar refractivity (Wildman–Crippen MR) is 72.5 cm³/mol. The van der Waals surface area contributed by atoms with E-state index in [2.05, 4.69) is 5.32 Å². The SMILES string of the molecule is O=S(=O)(CCNc1ccc(F)cc1)CC1CCCO1. The van der Waals surface area contributed by atoms with Gasteiger partial charge in [-0.05, 0) is 37.1 Å². The van der Waals surface area contributed by atoms with Crippen LogP contribution in [0.2, 0.25) is 0 Å². The molecule has 2 rings (SSSR count). The monoisotopic (exact) mass is 287 g/mol. The molecule has 1 saturated heterocycles. The van der Waals surface area contributed by atoms with E-state index in [9.17, 15) is 12.8 Å². The average Bonchev–Trinajstić information content (AvgIpc) is 2.83. The van der Waals surface area contributed by atoms with Crippen molar-refractivity contribution in [3.63, 3.8) is 0 Å². The van der Waals surface area contributed by atoms with Crippen molar-refractivity contribution in [2.45, 2.75) is 18.9 Å². The fourth-order valence-electron chi connectivity index (χ4n) is 2.06. The van der Waals surface area contributed by atoms with Crippen LogP contribution < -0.4 is 5.32 Å². The average molecular weight is 287 g/mol. The Kier molecular flexibility index (Phi) is 4.76. The van der Waals surface area contributed by atoms with E-state index in [0.29, 0.717) is 18.8 Å². The molecular weight excluding hydrogens is 269 g/mol. The molecule has 1 atom stereocenters. The number of halogens is 1. The largest absolute Gasteiger partial charge is 0.384 e. The molecule has 4 nitrogen and oxygen atoms in total. The van der Waals surface area contributed by atoms with Gasteiger partial charge >= 0.3 is 0 Å². The summed E-state index contributed by atoms with van der Waals surface area (Å²) in [6, 6.07) is 5.84. The first-order valence-corrected chi connectivity index (χ1v) is 8.19. The van der Waals surface area contributed by atoms with Gasteiger partial charge < -0.3 is 10.1 Å². The number of hydrogen-bond donors (Lipinski definition) is 1. The minimum absolute atomic E-state index is 0.0598. The Bertz CT molecular complexity index is 495. The van der Waals surface area contributed by atoms with Crippen molar-refractivity contribution in [2.24, 2.45) is 0 Å². The van der Waals surface area contributed by atoms with E-state index >= 15 is 0 Å². The van der Waals surface area contributed by atoms with Crippen molar-refractivity contribution in [2.75, 3.05) is 30.0 Å². The molecule has 1 aromatic carbocycles. The molecule has 6 heteroatoms. The van der Waals surface area contributed by atoms with E-state index in [-0.39, 0.29) is 23.4 Å². The molecular formula is C13H18FNO3S. The summed E-state index contributed by atoms with van der Waals surface area (Å²) in [6.07, 6.45) is 1.62. The second-order valence-electron chi connectivity index (χ2n) is 4.68. The van der Waals surface area contributed by atoms with E-state index in [4.69, 9.17) is 4.74 Å². The van der Waals surface area contributed by atoms with Gasteiger partial charge in [0.1, 0.15) is 5.82 Å². The van der Waals surface area contributed by atoms with Gasteiger partial charge in [0, 0.05) is 18.8 Å². The normalized spacial score (nSPS) is 19.5. The second-order valence-corrected chi connectivity index (χ2v) is 6.91. The molecule has 0 aromatic heterocycles. The van der Waals surface area contributed by atoms with Crippen molar-refractivity contribution in [3.05, 3.63) is 30.1 Å². The van der Waals surface area contributed by atoms with Gasteiger partial charge in [-0.2, -0.15) is 0 Å². The Morgan fingerprint density at radius 3 is 2.68 bits per heavy atom. The Labute approximate surface area is 112 Å². The van der Waals surface area contributed by atoms with Crippen molar-refractivity contribution in [3.8, 4) is 0 Å². The standard InChI is InChI=1S/C13H18FNO3S/c14-11-3-5-12(6-4-11)15-7-9-19(16,17)10-13-2-1-8-18-13/h3-6,13,15H,1-2,7-10H2. The van der Waals surface area contributed by atoms with Gasteiger partial charge in [-0.15, -0.1) is 0 Å². The van der Waals surface area contributed by atoms with Crippen LogP contribution in [0.15, 0.2) is 24.3 Å². The van der Waals surface area contributed by atoms with Gasteiger partial charge in [0.15, 0.2) is 9.84 Å². The van der Waals surface area contributed by atoms with Crippen LogP contribution in [0.4, 0.5) is 10.1 Å². The highest BCUT2D eigenvalue weighted by Crippen LogP contribution is 2.14. The minimum Gasteiger partial charge on any atom is -0.384 e. The predicted octanol–water partition coefficient (Wildman–Crippen LogP) is 1.83. The minimum atomic E-state index is -3.10. The highest BCUT2D eigenvalue weighted by Gasteiger charge is 2.22. The summed E-state index contributed by atoms with van der Waals surface area (Å²) < 4.78 is 41.7. The molecule has 1 N–H and O–H groups in total. The molecule has 0 radical (unpaired) electrons. The molecule has 0 bridgehead atoms. The van der Waals surface area contributed by atoms with Gasteiger partial charge in [-0.25, -0.2) is 12.8 Å². The number of ether oxygens (including phenoxy) is 1. The fraction of sp³-hybridized carbons (Fsp3) is 0.538. The highest BCUT2D eigenvalue weighted by molar-refractivity contribution is 7.91. The number of rotatable bonds is 6. The van der Waals surface area contributed by atoms with Gasteiger partial charge in [-0.3, -0.25) is 0 Å². The Hall–Kier alpha value is -1.14. The van der Waals surface area contributed by atoms with E-state index in [1.54, 1.807) is 12.1 Å². The molecule has 0 spiro atoms. The number of benzene rings is 1. The molecule has 0 saturated carbocycles. The zero-order valence-corrected chi connectivity index (χ0v) is 11.5. The number of nitrogens with one attached hydrogen (secondary N) is 1. The van der Waals surface area contributed by atoms with Crippen LogP contribution in [0.5, 0.6) is 0 Å². The lowest BCUT2D eigenvalue weighted by Crippen LogP contribution is -2.25. The molecule has 106 valence electrons. The van der Waals surface area contributed by atoms with E-state index in [0.717, 1.165) is 12.8 Å². The van der Waals surface area contributed by atoms with Crippen LogP contribution >= 0.6 is 0 Å². The summed E-state index contributed by atoms with van der Waals surface area (Å²) in [4.78, 5) is 0. The fourth-order valence-corrected chi connectivity index (χ4v) is 3.47. The maximum Gasteiger partial charge on any atom is 0.154 e. The van der Waals surface area contributed by atoms with Gasteiger partial charge in [0.2, 0.25) is 0 Å². The first kappa shape index (κ1) is 14.3. The van der Waals surface area contributed by atoms with E-state index in [1.807, 2.05) is 0 Å². The molecule has 1 unspecified atom stereocenters. The van der Waals surface area contributed by atoms with Crippen molar-refractivity contribution < 1.29 is 17.5 Å². The molecule has 0 amide bonds. The summed E-state index contributed by atoms with van der Waals surface area (Å²) >= 11 is 0. The van der Waals surface area contributed by atoms with Crippen molar-refractivity contribution in [1.82, 2.24) is 0 Å². The zero-order chi connectivity index (χ0) is 13.7. The number of sulfone groups is 1. The molecule has 1 aliphatic heterocycles. The Morgan fingerprint density at radius 1 is 1.32 bits per heavy atom. The second kappa shape index (κ2) is 6.34. The van der Waals surface area contributed by atoms with Crippen molar-refractivity contribution >= 4 is 15.5 Å². The number of hydrogen-bond acceptors (Lipinski definition) is 4. The topological polar surface area (TPSA) is 55.4 Å². The summed E-state index contributed by atoms with van der Waals surface area (Å²) in [5, 5.41) is 2.97. The van der Waals surface area contributed by atoms with Gasteiger partial charge in [-0.1, -0.05) is 0 Å².